The molecule has 2 aliphatic carbocycles. The minimum atomic E-state index is -4.10. The van der Waals surface area contributed by atoms with Gasteiger partial charge >= 0.3 is 6.18 Å². The van der Waals surface area contributed by atoms with Gasteiger partial charge in [-0.2, -0.15) is 13.2 Å². The smallest absolute Gasteiger partial charge is 0.330 e. The van der Waals surface area contributed by atoms with Crippen LogP contribution in [0.15, 0.2) is 0 Å². The van der Waals surface area contributed by atoms with E-state index in [0.29, 0.717) is 19.0 Å². The van der Waals surface area contributed by atoms with Crippen LogP contribution < -0.4 is 5.73 Å². The molecule has 2 aliphatic rings. The fourth-order valence-corrected chi connectivity index (χ4v) is 3.22. The molecule has 0 unspecified atom stereocenters. The first kappa shape index (κ1) is 15.1. The van der Waals surface area contributed by atoms with Crippen LogP contribution in [-0.2, 0) is 0 Å². The average molecular weight is 278 g/mol. The first-order valence-electron chi connectivity index (χ1n) is 7.34. The Morgan fingerprint density at radius 2 is 1.74 bits per heavy atom. The van der Waals surface area contributed by atoms with E-state index in [-0.39, 0.29) is 11.5 Å². The Bertz CT molecular complexity index is 292. The van der Waals surface area contributed by atoms with Gasteiger partial charge in [0.1, 0.15) is 0 Å². The van der Waals surface area contributed by atoms with Crippen molar-refractivity contribution >= 4 is 0 Å². The Balaban J connectivity index is 1.98. The number of nitrogens with two attached hydrogens (primary N) is 1. The van der Waals surface area contributed by atoms with Crippen molar-refractivity contribution in [3.8, 4) is 0 Å². The quantitative estimate of drug-likeness (QED) is 0.837. The molecular weight excluding hydrogens is 253 g/mol. The van der Waals surface area contributed by atoms with E-state index >= 15 is 0 Å². The fourth-order valence-electron chi connectivity index (χ4n) is 3.22. The summed E-state index contributed by atoms with van der Waals surface area (Å²) in [5.41, 5.74) is 5.83. The van der Waals surface area contributed by atoms with Crippen LogP contribution in [0, 0.1) is 11.3 Å². The van der Waals surface area contributed by atoms with Crippen LogP contribution in [0.2, 0.25) is 0 Å². The van der Waals surface area contributed by atoms with Gasteiger partial charge in [-0.05, 0) is 43.6 Å². The summed E-state index contributed by atoms with van der Waals surface area (Å²) < 4.78 is 38.0. The van der Waals surface area contributed by atoms with Crippen molar-refractivity contribution in [3.05, 3.63) is 0 Å². The molecule has 0 saturated heterocycles. The van der Waals surface area contributed by atoms with E-state index in [2.05, 4.69) is 6.92 Å². The first-order chi connectivity index (χ1) is 8.84. The van der Waals surface area contributed by atoms with E-state index < -0.39 is 12.7 Å². The Morgan fingerprint density at radius 3 is 2.16 bits per heavy atom. The highest BCUT2D eigenvalue weighted by Gasteiger charge is 2.43. The largest absolute Gasteiger partial charge is 0.401 e. The van der Waals surface area contributed by atoms with Gasteiger partial charge in [0.25, 0.3) is 0 Å². The molecule has 0 atom stereocenters. The lowest BCUT2D eigenvalue weighted by Crippen LogP contribution is -2.48. The van der Waals surface area contributed by atoms with E-state index in [1.807, 2.05) is 0 Å². The Morgan fingerprint density at radius 1 is 1.16 bits per heavy atom. The summed E-state index contributed by atoms with van der Waals surface area (Å²) in [5, 5.41) is 0. The molecule has 19 heavy (non-hydrogen) atoms. The standard InChI is InChI=1S/C14H25F3N2/c1-11-4-6-13(8-18,7-5-11)9-19(12-2-3-12)10-14(15,16)17/h11-12H,2-10,18H2,1H3. The average Bonchev–Trinajstić information content (AvgIpc) is 3.14. The van der Waals surface area contributed by atoms with E-state index in [4.69, 9.17) is 5.73 Å². The summed E-state index contributed by atoms with van der Waals surface area (Å²) in [5.74, 6) is 0.691. The summed E-state index contributed by atoms with van der Waals surface area (Å²) in [4.78, 5) is 1.64. The van der Waals surface area contributed by atoms with Gasteiger partial charge in [0.05, 0.1) is 6.54 Å². The normalized spacial score (nSPS) is 32.8. The number of halogens is 3. The molecule has 2 nitrogen and oxygen atoms in total. The van der Waals surface area contributed by atoms with Crippen molar-refractivity contribution in [2.24, 2.45) is 17.1 Å². The third-order valence-electron chi connectivity index (χ3n) is 4.75. The SMILES string of the molecule is CC1CCC(CN)(CN(CC(F)(F)F)C2CC2)CC1. The van der Waals surface area contributed by atoms with E-state index in [0.717, 1.165) is 38.5 Å². The molecule has 0 radical (unpaired) electrons. The Kier molecular flexibility index (Phi) is 4.45. The number of hydrogen-bond acceptors (Lipinski definition) is 2. The van der Waals surface area contributed by atoms with Crippen LogP contribution in [0.4, 0.5) is 13.2 Å². The zero-order valence-electron chi connectivity index (χ0n) is 11.7. The first-order valence-corrected chi connectivity index (χ1v) is 7.34. The lowest BCUT2D eigenvalue weighted by Gasteiger charge is -2.42. The highest BCUT2D eigenvalue weighted by Crippen LogP contribution is 2.41. The second kappa shape index (κ2) is 5.60. The topological polar surface area (TPSA) is 29.3 Å². The molecule has 0 aromatic heterocycles. The predicted molar refractivity (Wildman–Crippen MR) is 69.8 cm³/mol. The van der Waals surface area contributed by atoms with Crippen molar-refractivity contribution in [2.75, 3.05) is 19.6 Å². The van der Waals surface area contributed by atoms with Crippen LogP contribution in [0.5, 0.6) is 0 Å². The number of nitrogens with zero attached hydrogens (tertiary/aromatic N) is 1. The minimum Gasteiger partial charge on any atom is -0.330 e. The molecule has 0 bridgehead atoms. The molecule has 0 aromatic rings. The highest BCUT2D eigenvalue weighted by atomic mass is 19.4. The summed E-state index contributed by atoms with van der Waals surface area (Å²) in [6.07, 6.45) is 1.88. The zero-order valence-corrected chi connectivity index (χ0v) is 11.7. The van der Waals surface area contributed by atoms with Crippen LogP contribution in [0.1, 0.15) is 45.4 Å². The van der Waals surface area contributed by atoms with E-state index in [1.54, 1.807) is 4.90 Å². The molecular formula is C14H25F3N2. The lowest BCUT2D eigenvalue weighted by molar-refractivity contribution is -0.151. The van der Waals surface area contributed by atoms with Crippen molar-refractivity contribution in [1.29, 1.82) is 0 Å². The fraction of sp³-hybridized carbons (Fsp3) is 1.00. The minimum absolute atomic E-state index is 0.0830. The van der Waals surface area contributed by atoms with Crippen molar-refractivity contribution in [1.82, 2.24) is 4.90 Å². The maximum absolute atomic E-state index is 12.7. The molecule has 0 aliphatic heterocycles. The van der Waals surface area contributed by atoms with Crippen molar-refractivity contribution in [3.63, 3.8) is 0 Å². The van der Waals surface area contributed by atoms with Gasteiger partial charge in [0.2, 0.25) is 0 Å². The van der Waals surface area contributed by atoms with Gasteiger partial charge in [-0.1, -0.05) is 19.8 Å². The molecule has 0 heterocycles. The molecule has 2 fully saturated rings. The molecule has 5 heteroatoms. The molecule has 0 amide bonds. The van der Waals surface area contributed by atoms with Crippen LogP contribution in [0.25, 0.3) is 0 Å². The molecule has 2 saturated carbocycles. The number of hydrogen-bond donors (Lipinski definition) is 1. The second-order valence-electron chi connectivity index (χ2n) is 6.64. The third kappa shape index (κ3) is 4.35. The van der Waals surface area contributed by atoms with Gasteiger partial charge in [-0.3, -0.25) is 4.90 Å². The second-order valence-corrected chi connectivity index (χ2v) is 6.64. The summed E-state index contributed by atoms with van der Waals surface area (Å²) in [6.45, 7) is 2.49. The highest BCUT2D eigenvalue weighted by molar-refractivity contribution is 4.93. The van der Waals surface area contributed by atoms with Crippen LogP contribution in [-0.4, -0.2) is 36.8 Å². The lowest BCUT2D eigenvalue weighted by atomic mass is 9.70. The van der Waals surface area contributed by atoms with Crippen molar-refractivity contribution in [2.45, 2.75) is 57.7 Å². The van der Waals surface area contributed by atoms with Gasteiger partial charge in [-0.15, -0.1) is 0 Å². The molecule has 0 spiro atoms. The van der Waals surface area contributed by atoms with Crippen LogP contribution in [0.3, 0.4) is 0 Å². The monoisotopic (exact) mass is 278 g/mol. The van der Waals surface area contributed by atoms with E-state index in [1.165, 1.54) is 0 Å². The van der Waals surface area contributed by atoms with Gasteiger partial charge < -0.3 is 5.73 Å². The van der Waals surface area contributed by atoms with Gasteiger partial charge in [-0.25, -0.2) is 0 Å². The van der Waals surface area contributed by atoms with Gasteiger partial charge in [0.15, 0.2) is 0 Å². The maximum Gasteiger partial charge on any atom is 0.401 e. The number of rotatable bonds is 5. The molecule has 112 valence electrons. The number of alkyl halides is 3. The van der Waals surface area contributed by atoms with Gasteiger partial charge in [0, 0.05) is 12.6 Å². The predicted octanol–water partition coefficient (Wildman–Crippen LogP) is 3.17. The Hall–Kier alpha value is -0.290. The van der Waals surface area contributed by atoms with Crippen LogP contribution >= 0.6 is 0 Å². The maximum atomic E-state index is 12.7. The molecule has 0 aromatic carbocycles. The Labute approximate surface area is 113 Å². The summed E-state index contributed by atoms with van der Waals surface area (Å²) in [7, 11) is 0. The molecule has 2 rings (SSSR count). The zero-order chi connectivity index (χ0) is 14.1. The van der Waals surface area contributed by atoms with E-state index in [9.17, 15) is 13.2 Å². The third-order valence-corrected chi connectivity index (χ3v) is 4.75. The van der Waals surface area contributed by atoms with Crippen molar-refractivity contribution < 1.29 is 13.2 Å². The summed E-state index contributed by atoms with van der Waals surface area (Å²) in [6, 6.07) is 0.143. The molecule has 2 N–H and O–H groups in total. The summed E-state index contributed by atoms with van der Waals surface area (Å²) >= 11 is 0.